The third-order valence-electron chi connectivity index (χ3n) is 3.64. The first-order valence-corrected chi connectivity index (χ1v) is 10.5. The average molecular weight is 382 g/mol. The summed E-state index contributed by atoms with van der Waals surface area (Å²) in [7, 11) is -3.61. The molecule has 10 heteroatoms. The second-order valence-corrected chi connectivity index (χ2v) is 9.34. The van der Waals surface area contributed by atoms with Crippen LogP contribution in [0.15, 0.2) is 39.1 Å². The maximum Gasteiger partial charge on any atom is 0.242 e. The van der Waals surface area contributed by atoms with Crippen molar-refractivity contribution >= 4 is 33.1 Å². The van der Waals surface area contributed by atoms with E-state index in [9.17, 15) is 8.42 Å². The van der Waals surface area contributed by atoms with Crippen molar-refractivity contribution in [3.8, 4) is 10.6 Å². The molecular weight excluding hydrogens is 368 g/mol. The number of nitrogens with zero attached hydrogens (tertiary/aromatic N) is 3. The van der Waals surface area contributed by atoms with Gasteiger partial charge in [0.2, 0.25) is 10.0 Å². The number of hydrogen-bond donors (Lipinski definition) is 1. The summed E-state index contributed by atoms with van der Waals surface area (Å²) in [6.07, 6.45) is 3.44. The van der Waals surface area contributed by atoms with Gasteiger partial charge in [0, 0.05) is 29.4 Å². The second-order valence-electron chi connectivity index (χ2n) is 5.29. The van der Waals surface area contributed by atoms with E-state index in [0.29, 0.717) is 10.6 Å². The van der Waals surface area contributed by atoms with Gasteiger partial charge < -0.3 is 9.09 Å². The Morgan fingerprint density at radius 2 is 2.33 bits per heavy atom. The number of sulfonamides is 1. The molecule has 0 spiro atoms. The minimum Gasteiger partial charge on any atom is -0.355 e. The van der Waals surface area contributed by atoms with Crippen LogP contribution in [-0.4, -0.2) is 28.9 Å². The number of fused-ring (bicyclic) bond motifs is 1. The lowest BCUT2D eigenvalue weighted by Gasteiger charge is -2.04. The summed E-state index contributed by atoms with van der Waals surface area (Å²) in [6.45, 7) is 2.88. The fourth-order valence-corrected chi connectivity index (χ4v) is 6.00. The highest BCUT2D eigenvalue weighted by atomic mass is 32.2. The topological polar surface area (TPSA) is 90.0 Å². The molecule has 4 rings (SSSR count). The van der Waals surface area contributed by atoms with Gasteiger partial charge in [-0.25, -0.2) is 18.1 Å². The SMILES string of the molecule is Cc1sc(-c2ccno2)cc1S(=O)(=O)NCc1cn2c(n1)SCC2. The van der Waals surface area contributed by atoms with Crippen LogP contribution in [0.2, 0.25) is 0 Å². The molecule has 1 N–H and O–H groups in total. The highest BCUT2D eigenvalue weighted by molar-refractivity contribution is 7.99. The molecule has 0 saturated carbocycles. The van der Waals surface area contributed by atoms with Crippen molar-refractivity contribution in [2.75, 3.05) is 5.75 Å². The minimum atomic E-state index is -3.61. The van der Waals surface area contributed by atoms with E-state index in [4.69, 9.17) is 4.52 Å². The van der Waals surface area contributed by atoms with Gasteiger partial charge >= 0.3 is 0 Å². The maximum absolute atomic E-state index is 12.6. The Morgan fingerprint density at radius 1 is 1.46 bits per heavy atom. The van der Waals surface area contributed by atoms with Crippen molar-refractivity contribution in [2.45, 2.75) is 30.1 Å². The zero-order chi connectivity index (χ0) is 16.7. The van der Waals surface area contributed by atoms with Crippen molar-refractivity contribution in [1.82, 2.24) is 19.4 Å². The second kappa shape index (κ2) is 6.03. The van der Waals surface area contributed by atoms with E-state index in [1.165, 1.54) is 17.5 Å². The van der Waals surface area contributed by atoms with E-state index in [-0.39, 0.29) is 11.4 Å². The lowest BCUT2D eigenvalue weighted by atomic mass is 10.3. The molecule has 3 aromatic heterocycles. The Bertz CT molecular complexity index is 952. The van der Waals surface area contributed by atoms with Crippen molar-refractivity contribution < 1.29 is 12.9 Å². The molecule has 24 heavy (non-hydrogen) atoms. The van der Waals surface area contributed by atoms with E-state index in [2.05, 4.69) is 14.9 Å². The van der Waals surface area contributed by atoms with E-state index < -0.39 is 10.0 Å². The Kier molecular flexibility index (Phi) is 3.99. The number of aromatic nitrogens is 3. The average Bonchev–Trinajstić information content (AvgIpc) is 3.28. The summed E-state index contributed by atoms with van der Waals surface area (Å²) >= 11 is 3.05. The summed E-state index contributed by atoms with van der Waals surface area (Å²) in [5, 5.41) is 4.60. The highest BCUT2D eigenvalue weighted by Gasteiger charge is 2.22. The molecule has 1 aliphatic heterocycles. The van der Waals surface area contributed by atoms with Crippen molar-refractivity contribution in [2.24, 2.45) is 0 Å². The first-order chi connectivity index (χ1) is 11.5. The largest absolute Gasteiger partial charge is 0.355 e. The predicted octanol–water partition coefficient (Wildman–Crippen LogP) is 2.49. The van der Waals surface area contributed by atoms with E-state index in [1.54, 1.807) is 30.8 Å². The third kappa shape index (κ3) is 2.90. The molecule has 0 unspecified atom stereocenters. The number of thiophene rings is 1. The van der Waals surface area contributed by atoms with E-state index >= 15 is 0 Å². The van der Waals surface area contributed by atoms with Crippen LogP contribution < -0.4 is 4.72 Å². The van der Waals surface area contributed by atoms with E-state index in [0.717, 1.165) is 28.0 Å². The van der Waals surface area contributed by atoms with Crippen LogP contribution in [0.5, 0.6) is 0 Å². The Balaban J connectivity index is 1.54. The van der Waals surface area contributed by atoms with Gasteiger partial charge in [-0.3, -0.25) is 0 Å². The lowest BCUT2D eigenvalue weighted by molar-refractivity contribution is 0.433. The number of hydrogen-bond acceptors (Lipinski definition) is 7. The van der Waals surface area contributed by atoms with Crippen LogP contribution in [0.4, 0.5) is 0 Å². The normalized spacial score (nSPS) is 14.2. The lowest BCUT2D eigenvalue weighted by Crippen LogP contribution is -2.23. The van der Waals surface area contributed by atoms with Crippen molar-refractivity contribution in [3.05, 3.63) is 35.1 Å². The molecule has 126 valence electrons. The third-order valence-corrected chi connectivity index (χ3v) is 7.33. The number of nitrogens with one attached hydrogen (secondary N) is 1. The van der Waals surface area contributed by atoms with Crippen molar-refractivity contribution in [1.29, 1.82) is 0 Å². The van der Waals surface area contributed by atoms with Crippen LogP contribution in [0.3, 0.4) is 0 Å². The van der Waals surface area contributed by atoms with Crippen LogP contribution >= 0.6 is 23.1 Å². The zero-order valence-electron chi connectivity index (χ0n) is 12.7. The molecule has 0 atom stereocenters. The van der Waals surface area contributed by atoms with Gasteiger partial charge in [0.1, 0.15) is 0 Å². The summed E-state index contributed by atoms with van der Waals surface area (Å²) in [4.78, 5) is 6.14. The summed E-state index contributed by atoms with van der Waals surface area (Å²) in [5.74, 6) is 1.58. The molecule has 1 aliphatic rings. The van der Waals surface area contributed by atoms with Crippen LogP contribution in [0, 0.1) is 6.92 Å². The van der Waals surface area contributed by atoms with Gasteiger partial charge in [0.05, 0.1) is 28.2 Å². The van der Waals surface area contributed by atoms with Crippen LogP contribution in [0.25, 0.3) is 10.6 Å². The fourth-order valence-electron chi connectivity index (χ4n) is 2.49. The Morgan fingerprint density at radius 3 is 3.08 bits per heavy atom. The maximum atomic E-state index is 12.6. The summed E-state index contributed by atoms with van der Waals surface area (Å²) in [6, 6.07) is 3.32. The minimum absolute atomic E-state index is 0.176. The van der Waals surface area contributed by atoms with Gasteiger partial charge in [-0.05, 0) is 13.0 Å². The number of rotatable bonds is 5. The molecule has 4 heterocycles. The van der Waals surface area contributed by atoms with Crippen LogP contribution in [0.1, 0.15) is 10.6 Å². The number of imidazole rings is 1. The molecule has 0 bridgehead atoms. The quantitative estimate of drug-likeness (QED) is 0.729. The van der Waals surface area contributed by atoms with Gasteiger partial charge in [0.15, 0.2) is 10.9 Å². The number of aryl methyl sites for hydroxylation is 2. The Labute approximate surface area is 147 Å². The molecule has 3 aromatic rings. The zero-order valence-corrected chi connectivity index (χ0v) is 15.2. The summed E-state index contributed by atoms with van der Waals surface area (Å²) in [5.41, 5.74) is 0.726. The molecular formula is C14H14N4O3S3. The fraction of sp³-hybridized carbons (Fsp3) is 0.286. The number of thioether (sulfide) groups is 1. The molecule has 0 aliphatic carbocycles. The molecule has 0 radical (unpaired) electrons. The van der Waals surface area contributed by atoms with E-state index in [1.807, 2.05) is 10.8 Å². The summed E-state index contributed by atoms with van der Waals surface area (Å²) < 4.78 is 35.0. The van der Waals surface area contributed by atoms with Gasteiger partial charge in [-0.1, -0.05) is 16.9 Å². The molecule has 0 fully saturated rings. The highest BCUT2D eigenvalue weighted by Crippen LogP contribution is 2.33. The first kappa shape index (κ1) is 15.9. The molecule has 7 nitrogen and oxygen atoms in total. The van der Waals surface area contributed by atoms with Gasteiger partial charge in [0.25, 0.3) is 0 Å². The van der Waals surface area contributed by atoms with Crippen LogP contribution in [-0.2, 0) is 23.1 Å². The van der Waals surface area contributed by atoms with Gasteiger partial charge in [-0.15, -0.1) is 11.3 Å². The monoisotopic (exact) mass is 382 g/mol. The Hall–Kier alpha value is -1.62. The van der Waals surface area contributed by atoms with Crippen molar-refractivity contribution in [3.63, 3.8) is 0 Å². The molecule has 0 saturated heterocycles. The predicted molar refractivity (Wildman–Crippen MR) is 91.5 cm³/mol. The smallest absolute Gasteiger partial charge is 0.242 e. The first-order valence-electron chi connectivity index (χ1n) is 7.23. The van der Waals surface area contributed by atoms with Gasteiger partial charge in [-0.2, -0.15) is 0 Å². The molecule has 0 aromatic carbocycles. The molecule has 0 amide bonds. The standard InChI is InChI=1S/C14H14N4O3S3/c1-9-13(6-12(23-9)11-2-3-15-21-11)24(19,20)16-7-10-8-18-4-5-22-14(18)17-10/h2-3,6,8,16H,4-5,7H2,1H3.